The third-order valence-electron chi connectivity index (χ3n) is 4.94. The van der Waals surface area contributed by atoms with E-state index in [9.17, 15) is 4.79 Å². The lowest BCUT2D eigenvalue weighted by Gasteiger charge is -2.27. The van der Waals surface area contributed by atoms with E-state index in [-0.39, 0.29) is 18.1 Å². The Labute approximate surface area is 158 Å². The summed E-state index contributed by atoms with van der Waals surface area (Å²) in [5.41, 5.74) is 0.615. The standard InChI is InChI=1S/C20H24N4O3/c25-20(23-17-13-26-14-18(17)24-10-4-5-11-24)22-15-8-9-19(21-12-15)27-16-6-2-1-3-7-16/h1-3,6-9,12,17-18H,4-5,10-11,13-14H2,(H2,22,23,25)/t17-,18-/m1/s1. The monoisotopic (exact) mass is 368 g/mol. The molecular weight excluding hydrogens is 344 g/mol. The maximum Gasteiger partial charge on any atom is 0.319 e. The van der Waals surface area contributed by atoms with Crippen LogP contribution in [0.2, 0.25) is 0 Å². The lowest BCUT2D eigenvalue weighted by molar-refractivity contribution is 0.159. The average Bonchev–Trinajstić information content (AvgIpc) is 3.36. The fourth-order valence-electron chi connectivity index (χ4n) is 3.57. The number of carbonyl (C=O) groups excluding carboxylic acids is 1. The molecule has 2 fully saturated rings. The Hall–Kier alpha value is -2.64. The van der Waals surface area contributed by atoms with E-state index < -0.39 is 0 Å². The highest BCUT2D eigenvalue weighted by atomic mass is 16.5. The van der Waals surface area contributed by atoms with Gasteiger partial charge in [0.2, 0.25) is 5.88 Å². The molecule has 0 radical (unpaired) electrons. The minimum atomic E-state index is -0.242. The van der Waals surface area contributed by atoms with E-state index in [1.165, 1.54) is 12.8 Å². The second kappa shape index (κ2) is 8.37. The van der Waals surface area contributed by atoms with Crippen molar-refractivity contribution in [2.45, 2.75) is 24.9 Å². The van der Waals surface area contributed by atoms with E-state index in [1.54, 1.807) is 18.3 Å². The van der Waals surface area contributed by atoms with Crippen molar-refractivity contribution in [3.8, 4) is 11.6 Å². The van der Waals surface area contributed by atoms with Crippen molar-refractivity contribution in [2.75, 3.05) is 31.6 Å². The first-order valence-electron chi connectivity index (χ1n) is 9.36. The first kappa shape index (κ1) is 17.8. The predicted octanol–water partition coefficient (Wildman–Crippen LogP) is 2.86. The number of carbonyl (C=O) groups is 1. The maximum atomic E-state index is 12.3. The molecule has 1 aromatic heterocycles. The fourth-order valence-corrected chi connectivity index (χ4v) is 3.57. The number of nitrogens with one attached hydrogen (secondary N) is 2. The van der Waals surface area contributed by atoms with Gasteiger partial charge >= 0.3 is 6.03 Å². The minimum absolute atomic E-state index is 0.0109. The van der Waals surface area contributed by atoms with Gasteiger partial charge in [-0.2, -0.15) is 0 Å². The van der Waals surface area contributed by atoms with Crippen molar-refractivity contribution in [2.24, 2.45) is 0 Å². The summed E-state index contributed by atoms with van der Waals surface area (Å²) in [6.45, 7) is 3.40. The van der Waals surface area contributed by atoms with Crippen LogP contribution < -0.4 is 15.4 Å². The van der Waals surface area contributed by atoms with E-state index in [2.05, 4.69) is 20.5 Å². The number of rotatable bonds is 5. The van der Waals surface area contributed by atoms with E-state index in [1.807, 2.05) is 30.3 Å². The number of urea groups is 1. The van der Waals surface area contributed by atoms with Gasteiger partial charge in [0.1, 0.15) is 5.75 Å². The molecule has 27 heavy (non-hydrogen) atoms. The number of amides is 2. The summed E-state index contributed by atoms with van der Waals surface area (Å²) in [7, 11) is 0. The smallest absolute Gasteiger partial charge is 0.319 e. The summed E-state index contributed by atoms with van der Waals surface area (Å²) < 4.78 is 11.2. The summed E-state index contributed by atoms with van der Waals surface area (Å²) in [5, 5.41) is 5.86. The third kappa shape index (κ3) is 4.56. The molecule has 0 spiro atoms. The lowest BCUT2D eigenvalue weighted by Crippen LogP contribution is -2.51. The molecule has 2 N–H and O–H groups in total. The minimum Gasteiger partial charge on any atom is -0.439 e. The Bertz CT molecular complexity index is 748. The number of pyridine rings is 1. The average molecular weight is 368 g/mol. The Balaban J connectivity index is 1.30. The Morgan fingerprint density at radius 2 is 1.93 bits per heavy atom. The predicted molar refractivity (Wildman–Crippen MR) is 102 cm³/mol. The van der Waals surface area contributed by atoms with Crippen LogP contribution in [0.5, 0.6) is 11.6 Å². The van der Waals surface area contributed by atoms with Gasteiger partial charge in [-0.05, 0) is 44.1 Å². The molecule has 2 aliphatic heterocycles. The highest BCUT2D eigenvalue weighted by molar-refractivity contribution is 5.89. The molecule has 3 heterocycles. The van der Waals surface area contributed by atoms with Crippen LogP contribution in [0.3, 0.4) is 0 Å². The molecular formula is C20H24N4O3. The van der Waals surface area contributed by atoms with Crippen molar-refractivity contribution in [3.05, 3.63) is 48.7 Å². The number of hydrogen-bond donors (Lipinski definition) is 2. The van der Waals surface area contributed by atoms with Gasteiger partial charge in [0.15, 0.2) is 0 Å². The van der Waals surface area contributed by atoms with Gasteiger partial charge in [0.05, 0.1) is 37.2 Å². The van der Waals surface area contributed by atoms with Crippen molar-refractivity contribution >= 4 is 11.7 Å². The van der Waals surface area contributed by atoms with E-state index in [0.29, 0.717) is 24.8 Å². The molecule has 7 nitrogen and oxygen atoms in total. The van der Waals surface area contributed by atoms with Crippen molar-refractivity contribution in [1.29, 1.82) is 0 Å². The quantitative estimate of drug-likeness (QED) is 0.849. The van der Waals surface area contributed by atoms with Gasteiger partial charge in [-0.25, -0.2) is 9.78 Å². The van der Waals surface area contributed by atoms with Gasteiger partial charge in [0.25, 0.3) is 0 Å². The summed E-state index contributed by atoms with van der Waals surface area (Å²) >= 11 is 0. The Kier molecular flexibility index (Phi) is 5.50. The Morgan fingerprint density at radius 3 is 2.67 bits per heavy atom. The van der Waals surface area contributed by atoms with Gasteiger partial charge in [0, 0.05) is 6.07 Å². The molecule has 2 atom stereocenters. The zero-order chi connectivity index (χ0) is 18.5. The van der Waals surface area contributed by atoms with Crippen LogP contribution in [0.15, 0.2) is 48.7 Å². The normalized spacial score (nSPS) is 22.5. The van der Waals surface area contributed by atoms with Crippen LogP contribution >= 0.6 is 0 Å². The number of hydrogen-bond acceptors (Lipinski definition) is 5. The van der Waals surface area contributed by atoms with Crippen LogP contribution in [-0.2, 0) is 4.74 Å². The van der Waals surface area contributed by atoms with Crippen LogP contribution in [0.4, 0.5) is 10.5 Å². The zero-order valence-corrected chi connectivity index (χ0v) is 15.1. The molecule has 2 aliphatic rings. The molecule has 142 valence electrons. The fraction of sp³-hybridized carbons (Fsp3) is 0.400. The maximum absolute atomic E-state index is 12.3. The SMILES string of the molecule is O=C(Nc1ccc(Oc2ccccc2)nc1)N[C@@H]1COC[C@H]1N1CCCC1. The number of likely N-dealkylation sites (tertiary alicyclic amines) is 1. The van der Waals surface area contributed by atoms with Gasteiger partial charge in [-0.1, -0.05) is 18.2 Å². The number of ether oxygens (including phenoxy) is 2. The van der Waals surface area contributed by atoms with Crippen molar-refractivity contribution < 1.29 is 14.3 Å². The molecule has 0 bridgehead atoms. The largest absolute Gasteiger partial charge is 0.439 e. The summed E-state index contributed by atoms with van der Waals surface area (Å²) in [4.78, 5) is 19.0. The highest BCUT2D eigenvalue weighted by Gasteiger charge is 2.35. The zero-order valence-electron chi connectivity index (χ0n) is 15.1. The first-order valence-corrected chi connectivity index (χ1v) is 9.36. The molecule has 1 aromatic carbocycles. The highest BCUT2D eigenvalue weighted by Crippen LogP contribution is 2.21. The summed E-state index contributed by atoms with van der Waals surface area (Å²) in [6.07, 6.45) is 4.03. The van der Waals surface area contributed by atoms with Gasteiger partial charge in [-0.3, -0.25) is 4.90 Å². The van der Waals surface area contributed by atoms with Gasteiger partial charge < -0.3 is 20.1 Å². The molecule has 0 aliphatic carbocycles. The molecule has 2 saturated heterocycles. The van der Waals surface area contributed by atoms with Crippen molar-refractivity contribution in [1.82, 2.24) is 15.2 Å². The number of anilines is 1. The topological polar surface area (TPSA) is 75.7 Å². The summed E-state index contributed by atoms with van der Waals surface area (Å²) in [6, 6.07) is 13.0. The molecule has 7 heteroatoms. The van der Waals surface area contributed by atoms with Crippen molar-refractivity contribution in [3.63, 3.8) is 0 Å². The van der Waals surface area contributed by atoms with Crippen LogP contribution in [0.1, 0.15) is 12.8 Å². The first-order chi connectivity index (χ1) is 13.3. The molecule has 2 amide bonds. The van der Waals surface area contributed by atoms with E-state index in [4.69, 9.17) is 9.47 Å². The number of benzene rings is 1. The summed E-state index contributed by atoms with van der Waals surface area (Å²) in [5.74, 6) is 1.20. The second-order valence-corrected chi connectivity index (χ2v) is 6.85. The van der Waals surface area contributed by atoms with Crippen LogP contribution in [0.25, 0.3) is 0 Å². The number of aromatic nitrogens is 1. The Morgan fingerprint density at radius 1 is 1.11 bits per heavy atom. The molecule has 4 rings (SSSR count). The molecule has 0 saturated carbocycles. The second-order valence-electron chi connectivity index (χ2n) is 6.85. The third-order valence-corrected chi connectivity index (χ3v) is 4.94. The van der Waals surface area contributed by atoms with E-state index >= 15 is 0 Å². The molecule has 2 aromatic rings. The van der Waals surface area contributed by atoms with Crippen LogP contribution in [0, 0.1) is 0 Å². The van der Waals surface area contributed by atoms with Crippen LogP contribution in [-0.4, -0.2) is 54.3 Å². The van der Waals surface area contributed by atoms with Gasteiger partial charge in [-0.15, -0.1) is 0 Å². The lowest BCUT2D eigenvalue weighted by atomic mass is 10.1. The number of para-hydroxylation sites is 1. The number of nitrogens with zero attached hydrogens (tertiary/aromatic N) is 2. The van der Waals surface area contributed by atoms with E-state index in [0.717, 1.165) is 18.8 Å². The molecule has 0 unspecified atom stereocenters.